The molecule has 3 rings (SSSR count). The summed E-state index contributed by atoms with van der Waals surface area (Å²) in [4.78, 5) is 17.7. The van der Waals surface area contributed by atoms with E-state index in [1.165, 1.54) is 0 Å². The number of nitrogens with zero attached hydrogens (tertiary/aromatic N) is 2. The van der Waals surface area contributed by atoms with E-state index in [-0.39, 0.29) is 5.82 Å². The molecule has 3 N–H and O–H groups in total. The fraction of sp³-hybridized carbons (Fsp3) is 0.0909. The lowest BCUT2D eigenvalue weighted by Gasteiger charge is -2.02. The molecule has 3 aromatic rings. The smallest absolute Gasteiger partial charge is 0.347 e. The maximum atomic E-state index is 11.3. The Kier molecular flexibility index (Phi) is 1.60. The number of hydrogen-bond acceptors (Lipinski definition) is 3. The molecule has 0 spiro atoms. The van der Waals surface area contributed by atoms with Crippen LogP contribution in [0.5, 0.6) is 0 Å². The van der Waals surface area contributed by atoms with Crippen molar-refractivity contribution in [3.8, 4) is 0 Å². The van der Waals surface area contributed by atoms with E-state index in [0.717, 1.165) is 21.8 Å². The highest BCUT2D eigenvalue weighted by atomic mass is 16.1. The minimum Gasteiger partial charge on any atom is -0.383 e. The van der Waals surface area contributed by atoms with Crippen LogP contribution in [0.25, 0.3) is 21.8 Å². The quantitative estimate of drug-likeness (QED) is 0.586. The number of anilines is 1. The zero-order valence-electron chi connectivity index (χ0n) is 8.69. The molecular weight excluding hydrogens is 204 g/mol. The van der Waals surface area contributed by atoms with Crippen LogP contribution in [0, 0.1) is 0 Å². The van der Waals surface area contributed by atoms with Crippen molar-refractivity contribution in [2.24, 2.45) is 7.05 Å². The lowest BCUT2D eigenvalue weighted by Crippen LogP contribution is -2.12. The maximum absolute atomic E-state index is 11.3. The summed E-state index contributed by atoms with van der Waals surface area (Å²) in [6.07, 6.45) is 1.94. The highest BCUT2D eigenvalue weighted by molar-refractivity contribution is 6.07. The molecule has 80 valence electrons. The van der Waals surface area contributed by atoms with Crippen LogP contribution in [0.2, 0.25) is 0 Å². The van der Waals surface area contributed by atoms with Crippen molar-refractivity contribution in [2.75, 3.05) is 5.73 Å². The van der Waals surface area contributed by atoms with E-state index in [9.17, 15) is 4.79 Å². The van der Waals surface area contributed by atoms with Crippen LogP contribution in [-0.4, -0.2) is 14.5 Å². The third-order valence-electron chi connectivity index (χ3n) is 2.80. The lowest BCUT2D eigenvalue weighted by molar-refractivity contribution is 0.969. The first-order chi connectivity index (χ1) is 7.66. The van der Waals surface area contributed by atoms with Gasteiger partial charge in [-0.1, -0.05) is 0 Å². The molecule has 16 heavy (non-hydrogen) atoms. The minimum atomic E-state index is -0.415. The third kappa shape index (κ3) is 1.05. The first kappa shape index (κ1) is 8.96. The van der Waals surface area contributed by atoms with Gasteiger partial charge in [0.25, 0.3) is 0 Å². The van der Waals surface area contributed by atoms with Gasteiger partial charge in [0.05, 0.1) is 5.52 Å². The van der Waals surface area contributed by atoms with E-state index >= 15 is 0 Å². The summed E-state index contributed by atoms with van der Waals surface area (Å²) in [5.41, 5.74) is 7.10. The lowest BCUT2D eigenvalue weighted by atomic mass is 10.1. The third-order valence-corrected chi connectivity index (χ3v) is 2.80. The number of H-pyrrole nitrogens is 1. The summed E-state index contributed by atoms with van der Waals surface area (Å²) in [6, 6.07) is 5.79. The minimum absolute atomic E-state index is 0.268. The Hall–Kier alpha value is -2.30. The van der Waals surface area contributed by atoms with Gasteiger partial charge >= 0.3 is 5.69 Å². The molecule has 0 aliphatic heterocycles. The van der Waals surface area contributed by atoms with Gasteiger partial charge in [-0.25, -0.2) is 4.79 Å². The van der Waals surface area contributed by atoms with Crippen molar-refractivity contribution in [1.29, 1.82) is 0 Å². The molecule has 2 heterocycles. The number of hydrogen-bond donors (Lipinski definition) is 2. The Morgan fingerprint density at radius 1 is 1.31 bits per heavy atom. The molecule has 2 aromatic heterocycles. The molecule has 0 bridgehead atoms. The summed E-state index contributed by atoms with van der Waals surface area (Å²) in [5, 5.41) is 1.75. The number of nitrogens with one attached hydrogen (secondary N) is 1. The molecule has 0 unspecified atom stereocenters. The number of aromatic nitrogens is 3. The van der Waals surface area contributed by atoms with Crippen LogP contribution in [-0.2, 0) is 7.05 Å². The molecular formula is C11H10N4O. The topological polar surface area (TPSA) is 76.7 Å². The maximum Gasteiger partial charge on any atom is 0.347 e. The van der Waals surface area contributed by atoms with E-state index in [0.29, 0.717) is 0 Å². The van der Waals surface area contributed by atoms with Crippen molar-refractivity contribution in [3.63, 3.8) is 0 Å². The zero-order chi connectivity index (χ0) is 11.3. The highest BCUT2D eigenvalue weighted by Gasteiger charge is 2.07. The van der Waals surface area contributed by atoms with Gasteiger partial charge in [-0.3, -0.25) is 0 Å². The first-order valence-corrected chi connectivity index (χ1v) is 4.90. The van der Waals surface area contributed by atoms with Crippen molar-refractivity contribution in [3.05, 3.63) is 34.9 Å². The number of nitrogen functional groups attached to an aromatic ring is 1. The fourth-order valence-electron chi connectivity index (χ4n) is 2.00. The molecule has 0 saturated heterocycles. The van der Waals surface area contributed by atoms with Gasteiger partial charge in [-0.2, -0.15) is 4.98 Å². The Balaban J connectivity index is 2.65. The first-order valence-electron chi connectivity index (χ1n) is 4.90. The van der Waals surface area contributed by atoms with Gasteiger partial charge in [0.1, 0.15) is 5.82 Å². The van der Waals surface area contributed by atoms with Crippen LogP contribution in [0.3, 0.4) is 0 Å². The zero-order valence-corrected chi connectivity index (χ0v) is 8.69. The van der Waals surface area contributed by atoms with E-state index in [1.54, 1.807) is 0 Å². The van der Waals surface area contributed by atoms with E-state index < -0.39 is 5.69 Å². The second-order valence-electron chi connectivity index (χ2n) is 3.77. The van der Waals surface area contributed by atoms with Gasteiger partial charge in [0.2, 0.25) is 0 Å². The number of benzene rings is 1. The van der Waals surface area contributed by atoms with Crippen molar-refractivity contribution < 1.29 is 0 Å². The van der Waals surface area contributed by atoms with Gasteiger partial charge in [-0.15, -0.1) is 0 Å². The number of fused-ring (bicyclic) bond motifs is 3. The SMILES string of the molecule is Cn1ccc2c3[nH]c(=O)nc(N)c3ccc21. The Morgan fingerprint density at radius 2 is 2.12 bits per heavy atom. The van der Waals surface area contributed by atoms with Crippen molar-refractivity contribution in [1.82, 2.24) is 14.5 Å². The predicted molar refractivity (Wildman–Crippen MR) is 63.3 cm³/mol. The van der Waals surface area contributed by atoms with Gasteiger partial charge in [-0.05, 0) is 18.2 Å². The molecule has 0 radical (unpaired) electrons. The van der Waals surface area contributed by atoms with Gasteiger partial charge in [0.15, 0.2) is 0 Å². The molecule has 0 saturated carbocycles. The van der Waals surface area contributed by atoms with Crippen LogP contribution < -0.4 is 11.4 Å². The fourth-order valence-corrected chi connectivity index (χ4v) is 2.00. The van der Waals surface area contributed by atoms with Crippen LogP contribution in [0.4, 0.5) is 5.82 Å². The predicted octanol–water partition coefficient (Wildman–Crippen LogP) is 0.997. The molecule has 5 heteroatoms. The van der Waals surface area contributed by atoms with Crippen LogP contribution >= 0.6 is 0 Å². The van der Waals surface area contributed by atoms with E-state index in [2.05, 4.69) is 9.97 Å². The van der Waals surface area contributed by atoms with E-state index in [1.807, 2.05) is 36.0 Å². The summed E-state index contributed by atoms with van der Waals surface area (Å²) >= 11 is 0. The average Bonchev–Trinajstić information content (AvgIpc) is 2.60. The largest absolute Gasteiger partial charge is 0.383 e. The van der Waals surface area contributed by atoms with E-state index in [4.69, 9.17) is 5.73 Å². The summed E-state index contributed by atoms with van der Waals surface area (Å²) < 4.78 is 1.99. The highest BCUT2D eigenvalue weighted by Crippen LogP contribution is 2.25. The number of nitrogens with two attached hydrogens (primary N) is 1. The second kappa shape index (κ2) is 2.85. The molecule has 0 aliphatic rings. The summed E-state index contributed by atoms with van der Waals surface area (Å²) in [5.74, 6) is 0.268. The standard InChI is InChI=1S/C11H10N4O/c1-15-5-4-6-8(15)3-2-7-9(6)13-11(16)14-10(7)12/h2-5H,1H3,(H3,12,13,14,16). The second-order valence-corrected chi connectivity index (χ2v) is 3.77. The number of rotatable bonds is 0. The number of aromatic amines is 1. The molecule has 0 amide bonds. The molecule has 1 aromatic carbocycles. The van der Waals surface area contributed by atoms with Gasteiger partial charge in [0, 0.05) is 29.5 Å². The molecule has 0 aliphatic carbocycles. The van der Waals surface area contributed by atoms with Crippen LogP contribution in [0.15, 0.2) is 29.2 Å². The monoisotopic (exact) mass is 214 g/mol. The Morgan fingerprint density at radius 3 is 2.94 bits per heavy atom. The average molecular weight is 214 g/mol. The Labute approximate surface area is 90.5 Å². The van der Waals surface area contributed by atoms with Crippen molar-refractivity contribution >= 4 is 27.6 Å². The molecule has 5 nitrogen and oxygen atoms in total. The summed E-state index contributed by atoms with van der Waals surface area (Å²) in [6.45, 7) is 0. The Bertz CT molecular complexity index is 754. The molecule has 0 fully saturated rings. The van der Waals surface area contributed by atoms with Gasteiger partial charge < -0.3 is 15.3 Å². The summed E-state index contributed by atoms with van der Waals surface area (Å²) in [7, 11) is 1.96. The number of aryl methyl sites for hydroxylation is 1. The molecule has 0 atom stereocenters. The van der Waals surface area contributed by atoms with Crippen LogP contribution in [0.1, 0.15) is 0 Å². The van der Waals surface area contributed by atoms with Crippen molar-refractivity contribution in [2.45, 2.75) is 0 Å². The normalized spacial score (nSPS) is 11.3.